The predicted molar refractivity (Wildman–Crippen MR) is 125 cm³/mol. The van der Waals surface area contributed by atoms with Gasteiger partial charge in [-0.2, -0.15) is 0 Å². The van der Waals surface area contributed by atoms with E-state index in [1.165, 1.54) is 4.90 Å². The second kappa shape index (κ2) is 8.35. The maximum absolute atomic E-state index is 13.0. The Morgan fingerprint density at radius 2 is 1.76 bits per heavy atom. The van der Waals surface area contributed by atoms with Crippen molar-refractivity contribution in [1.29, 1.82) is 0 Å². The standard InChI is InChI=1S/C27H26N2O4/c1-16-14-17(2)25-21(15-16)22(11-13-33-25)28-23(30)10-5-12-29-26(31)19-8-3-6-18-7-4-9-20(24(18)19)27(29)32/h3-4,6-9,14-15,22H,5,10-13H2,1-2H3,(H,28,30). The topological polar surface area (TPSA) is 75.7 Å². The summed E-state index contributed by atoms with van der Waals surface area (Å²) in [5, 5.41) is 4.71. The monoisotopic (exact) mass is 442 g/mol. The molecule has 5 rings (SSSR count). The summed E-state index contributed by atoms with van der Waals surface area (Å²) in [7, 11) is 0. The number of rotatable bonds is 5. The molecule has 0 bridgehead atoms. The minimum absolute atomic E-state index is 0.0913. The fourth-order valence-electron chi connectivity index (χ4n) is 4.98. The van der Waals surface area contributed by atoms with E-state index in [0.29, 0.717) is 36.0 Å². The highest BCUT2D eigenvalue weighted by Gasteiger charge is 2.32. The Balaban J connectivity index is 1.25. The Morgan fingerprint density at radius 3 is 2.45 bits per heavy atom. The summed E-state index contributed by atoms with van der Waals surface area (Å²) in [6, 6.07) is 15.0. The third-order valence-electron chi connectivity index (χ3n) is 6.45. The van der Waals surface area contributed by atoms with Gasteiger partial charge in [0.25, 0.3) is 11.8 Å². The molecule has 3 aromatic rings. The van der Waals surface area contributed by atoms with E-state index in [-0.39, 0.29) is 36.7 Å². The quantitative estimate of drug-likeness (QED) is 0.592. The summed E-state index contributed by atoms with van der Waals surface area (Å²) in [5.74, 6) is 0.170. The van der Waals surface area contributed by atoms with Gasteiger partial charge in [0.1, 0.15) is 5.75 Å². The van der Waals surface area contributed by atoms with Crippen LogP contribution >= 0.6 is 0 Å². The van der Waals surface area contributed by atoms with Crippen LogP contribution < -0.4 is 10.1 Å². The number of carbonyl (C=O) groups is 3. The summed E-state index contributed by atoms with van der Waals surface area (Å²) < 4.78 is 5.82. The number of hydrogen-bond donors (Lipinski definition) is 1. The molecule has 2 heterocycles. The Morgan fingerprint density at radius 1 is 1.06 bits per heavy atom. The lowest BCUT2D eigenvalue weighted by molar-refractivity contribution is -0.122. The Bertz CT molecular complexity index is 1250. The van der Waals surface area contributed by atoms with Crippen molar-refractivity contribution in [3.8, 4) is 5.75 Å². The van der Waals surface area contributed by atoms with E-state index >= 15 is 0 Å². The van der Waals surface area contributed by atoms with Gasteiger partial charge in [0, 0.05) is 41.5 Å². The molecule has 0 aliphatic carbocycles. The molecule has 0 spiro atoms. The highest BCUT2D eigenvalue weighted by molar-refractivity contribution is 6.25. The molecular weight excluding hydrogens is 416 g/mol. The first-order valence-corrected chi connectivity index (χ1v) is 11.4. The predicted octanol–water partition coefficient (Wildman–Crippen LogP) is 4.47. The number of fused-ring (bicyclic) bond motifs is 1. The molecule has 168 valence electrons. The summed E-state index contributed by atoms with van der Waals surface area (Å²) in [5.41, 5.74) is 4.29. The SMILES string of the molecule is Cc1cc(C)c2c(c1)C(NC(=O)CCCN1C(=O)c3cccc4cccc(c34)C1=O)CCO2. The van der Waals surface area contributed by atoms with Crippen LogP contribution in [0.3, 0.4) is 0 Å². The van der Waals surface area contributed by atoms with Crippen LogP contribution in [-0.4, -0.2) is 35.8 Å². The maximum Gasteiger partial charge on any atom is 0.261 e. The number of amides is 3. The zero-order valence-electron chi connectivity index (χ0n) is 18.8. The van der Waals surface area contributed by atoms with Gasteiger partial charge in [0.15, 0.2) is 0 Å². The number of aryl methyl sites for hydroxylation is 2. The van der Waals surface area contributed by atoms with Crippen LogP contribution in [-0.2, 0) is 4.79 Å². The third-order valence-corrected chi connectivity index (χ3v) is 6.45. The fourth-order valence-corrected chi connectivity index (χ4v) is 4.98. The van der Waals surface area contributed by atoms with Gasteiger partial charge < -0.3 is 10.1 Å². The minimum Gasteiger partial charge on any atom is -0.493 e. The van der Waals surface area contributed by atoms with Crippen molar-refractivity contribution in [2.45, 2.75) is 39.2 Å². The molecule has 3 aromatic carbocycles. The van der Waals surface area contributed by atoms with Crippen LogP contribution in [0.4, 0.5) is 0 Å². The van der Waals surface area contributed by atoms with E-state index in [1.54, 1.807) is 12.1 Å². The van der Waals surface area contributed by atoms with Crippen molar-refractivity contribution in [3.63, 3.8) is 0 Å². The normalized spacial score (nSPS) is 17.0. The van der Waals surface area contributed by atoms with E-state index < -0.39 is 0 Å². The molecule has 0 aromatic heterocycles. The zero-order chi connectivity index (χ0) is 23.1. The number of nitrogens with one attached hydrogen (secondary N) is 1. The molecule has 3 amide bonds. The number of ether oxygens (including phenoxy) is 1. The van der Waals surface area contributed by atoms with Crippen molar-refractivity contribution < 1.29 is 19.1 Å². The van der Waals surface area contributed by atoms with E-state index in [9.17, 15) is 14.4 Å². The highest BCUT2D eigenvalue weighted by atomic mass is 16.5. The lowest BCUT2D eigenvalue weighted by Gasteiger charge is -2.29. The molecule has 0 saturated heterocycles. The molecule has 2 aliphatic heterocycles. The first-order valence-electron chi connectivity index (χ1n) is 11.4. The van der Waals surface area contributed by atoms with Gasteiger partial charge in [-0.3, -0.25) is 19.3 Å². The van der Waals surface area contributed by atoms with Crippen molar-refractivity contribution in [2.75, 3.05) is 13.2 Å². The van der Waals surface area contributed by atoms with Gasteiger partial charge in [-0.05, 0) is 43.4 Å². The molecule has 0 radical (unpaired) electrons. The van der Waals surface area contributed by atoms with E-state index in [1.807, 2.05) is 38.1 Å². The summed E-state index contributed by atoms with van der Waals surface area (Å²) in [4.78, 5) is 40.0. The van der Waals surface area contributed by atoms with Crippen LogP contribution in [0.2, 0.25) is 0 Å². The second-order valence-electron chi connectivity index (χ2n) is 8.83. The Kier molecular flexibility index (Phi) is 5.36. The average Bonchev–Trinajstić information content (AvgIpc) is 2.80. The van der Waals surface area contributed by atoms with Gasteiger partial charge in [-0.15, -0.1) is 0 Å². The van der Waals surface area contributed by atoms with Gasteiger partial charge in [-0.1, -0.05) is 42.0 Å². The first kappa shape index (κ1) is 21.2. The zero-order valence-corrected chi connectivity index (χ0v) is 18.8. The fraction of sp³-hybridized carbons (Fsp3) is 0.296. The average molecular weight is 443 g/mol. The lowest BCUT2D eigenvalue weighted by atomic mass is 9.94. The molecule has 1 atom stereocenters. The smallest absolute Gasteiger partial charge is 0.261 e. The van der Waals surface area contributed by atoms with Crippen LogP contribution in [0.1, 0.15) is 62.7 Å². The molecule has 1 unspecified atom stereocenters. The Hall–Kier alpha value is -3.67. The molecule has 33 heavy (non-hydrogen) atoms. The Labute approximate surface area is 192 Å². The van der Waals surface area contributed by atoms with Crippen LogP contribution in [0.5, 0.6) is 5.75 Å². The molecular formula is C27H26N2O4. The van der Waals surface area contributed by atoms with Gasteiger partial charge in [0.2, 0.25) is 5.91 Å². The van der Waals surface area contributed by atoms with Gasteiger partial charge in [-0.25, -0.2) is 0 Å². The molecule has 2 aliphatic rings. The maximum atomic E-state index is 13.0. The van der Waals surface area contributed by atoms with Crippen LogP contribution in [0.15, 0.2) is 48.5 Å². The van der Waals surface area contributed by atoms with Crippen molar-refractivity contribution in [3.05, 3.63) is 76.3 Å². The molecule has 6 heteroatoms. The number of nitrogens with zero attached hydrogens (tertiary/aromatic N) is 1. The van der Waals surface area contributed by atoms with Crippen molar-refractivity contribution in [2.24, 2.45) is 0 Å². The van der Waals surface area contributed by atoms with E-state index in [2.05, 4.69) is 17.4 Å². The second-order valence-corrected chi connectivity index (χ2v) is 8.83. The summed E-state index contributed by atoms with van der Waals surface area (Å²) >= 11 is 0. The number of carbonyl (C=O) groups excluding carboxylic acids is 3. The van der Waals surface area contributed by atoms with Gasteiger partial charge >= 0.3 is 0 Å². The van der Waals surface area contributed by atoms with Crippen LogP contribution in [0.25, 0.3) is 10.8 Å². The molecule has 1 N–H and O–H groups in total. The third kappa shape index (κ3) is 3.75. The molecule has 6 nitrogen and oxygen atoms in total. The minimum atomic E-state index is -0.297. The summed E-state index contributed by atoms with van der Waals surface area (Å²) in [6.07, 6.45) is 1.36. The van der Waals surface area contributed by atoms with Gasteiger partial charge in [0.05, 0.1) is 12.6 Å². The largest absolute Gasteiger partial charge is 0.493 e. The van der Waals surface area contributed by atoms with E-state index in [4.69, 9.17) is 4.74 Å². The molecule has 0 fully saturated rings. The number of hydrogen-bond acceptors (Lipinski definition) is 4. The van der Waals surface area contributed by atoms with Crippen molar-refractivity contribution >= 4 is 28.5 Å². The van der Waals surface area contributed by atoms with E-state index in [0.717, 1.165) is 27.8 Å². The lowest BCUT2D eigenvalue weighted by Crippen LogP contribution is -2.41. The highest BCUT2D eigenvalue weighted by Crippen LogP contribution is 2.36. The number of benzene rings is 3. The number of imide groups is 1. The van der Waals surface area contributed by atoms with Crippen LogP contribution in [0, 0.1) is 13.8 Å². The molecule has 0 saturated carbocycles. The first-order chi connectivity index (χ1) is 15.9. The van der Waals surface area contributed by atoms with Crippen molar-refractivity contribution in [1.82, 2.24) is 10.2 Å². The summed E-state index contributed by atoms with van der Waals surface area (Å²) in [6.45, 7) is 4.81.